The summed E-state index contributed by atoms with van der Waals surface area (Å²) in [6.07, 6.45) is 1.31. The smallest absolute Gasteiger partial charge is 0.224 e. The first-order chi connectivity index (χ1) is 13.7. The zero-order chi connectivity index (χ0) is 21.7. The number of imidazole rings is 1. The summed E-state index contributed by atoms with van der Waals surface area (Å²) in [7, 11) is 3.67. The third kappa shape index (κ3) is 5.81. The zero-order valence-electron chi connectivity index (χ0n) is 16.3. The maximum Gasteiger partial charge on any atom is 0.224 e. The summed E-state index contributed by atoms with van der Waals surface area (Å²) in [5.41, 5.74) is 3.01. The van der Waals surface area contributed by atoms with E-state index >= 15 is 0 Å². The van der Waals surface area contributed by atoms with Crippen molar-refractivity contribution in [2.24, 2.45) is 7.05 Å². The maximum atomic E-state index is 11.3. The summed E-state index contributed by atoms with van der Waals surface area (Å²) in [6.45, 7) is 3.85. The van der Waals surface area contributed by atoms with E-state index in [2.05, 4.69) is 64.4 Å². The second kappa shape index (κ2) is 10.6. The minimum atomic E-state index is -0.0688. The lowest BCUT2D eigenvalue weighted by molar-refractivity contribution is -0.115. The number of nitrogens with one attached hydrogen (secondary N) is 2. The van der Waals surface area contributed by atoms with Crippen LogP contribution in [-0.4, -0.2) is 32.5 Å². The van der Waals surface area contributed by atoms with Gasteiger partial charge in [0.2, 0.25) is 5.91 Å². The molecule has 0 bridgehead atoms. The number of aromatic nitrogens is 4. The first-order valence-electron chi connectivity index (χ1n) is 8.72. The zero-order valence-corrected chi connectivity index (χ0v) is 21.0. The molecule has 3 heterocycles. The molecule has 0 aromatic carbocycles. The van der Waals surface area contributed by atoms with Crippen molar-refractivity contribution in [1.29, 1.82) is 0 Å². The normalized spacial score (nSPS) is 10.5. The Hall–Kier alpha value is -1.42. The maximum absolute atomic E-state index is 11.3. The molecule has 11 heteroatoms. The summed E-state index contributed by atoms with van der Waals surface area (Å²) >= 11 is 18.5. The van der Waals surface area contributed by atoms with E-state index in [4.69, 9.17) is 23.2 Å². The monoisotopic (exact) mass is 564 g/mol. The molecule has 29 heavy (non-hydrogen) atoms. The molecule has 0 fully saturated rings. The van der Waals surface area contributed by atoms with E-state index in [1.54, 1.807) is 20.0 Å². The Labute approximate surface area is 195 Å². The molecule has 0 aliphatic rings. The number of hydrogen-bond donors (Lipinski definition) is 2. The van der Waals surface area contributed by atoms with Gasteiger partial charge < -0.3 is 15.2 Å². The van der Waals surface area contributed by atoms with Crippen LogP contribution in [0.3, 0.4) is 0 Å². The number of amides is 1. The van der Waals surface area contributed by atoms with Crippen LogP contribution in [0, 0.1) is 0 Å². The number of anilines is 2. The molecular formula is C18H20Br2Cl2N6O. The average molecular weight is 567 g/mol. The van der Waals surface area contributed by atoms with Crippen molar-refractivity contribution in [3.63, 3.8) is 0 Å². The Balaban J connectivity index is 0.000000207. The van der Waals surface area contributed by atoms with E-state index in [0.29, 0.717) is 32.7 Å². The van der Waals surface area contributed by atoms with Crippen LogP contribution in [0.25, 0.3) is 11.0 Å². The fourth-order valence-corrected chi connectivity index (χ4v) is 4.19. The Morgan fingerprint density at radius 1 is 1.10 bits per heavy atom. The number of aryl methyl sites for hydroxylation is 2. The number of halogens is 4. The number of carbonyl (C=O) groups is 1. The molecule has 0 radical (unpaired) electrons. The van der Waals surface area contributed by atoms with Gasteiger partial charge in [-0.15, -0.1) is 0 Å². The van der Waals surface area contributed by atoms with Crippen molar-refractivity contribution in [3.8, 4) is 0 Å². The first kappa shape index (κ1) is 23.9. The van der Waals surface area contributed by atoms with Crippen LogP contribution >= 0.6 is 55.1 Å². The van der Waals surface area contributed by atoms with Gasteiger partial charge >= 0.3 is 0 Å². The van der Waals surface area contributed by atoms with Crippen molar-refractivity contribution < 1.29 is 4.79 Å². The van der Waals surface area contributed by atoms with Gasteiger partial charge in [-0.3, -0.25) is 4.79 Å². The predicted molar refractivity (Wildman–Crippen MR) is 126 cm³/mol. The minimum Gasteiger partial charge on any atom is -0.384 e. The Morgan fingerprint density at radius 3 is 2.31 bits per heavy atom. The molecule has 0 atom stereocenters. The highest BCUT2D eigenvalue weighted by Crippen LogP contribution is 2.31. The molecule has 3 aromatic rings. The number of fused-ring (bicyclic) bond motifs is 1. The summed E-state index contributed by atoms with van der Waals surface area (Å²) in [6, 6.07) is 3.58. The highest BCUT2D eigenvalue weighted by Gasteiger charge is 2.12. The largest absolute Gasteiger partial charge is 0.384 e. The average Bonchev–Trinajstić information content (AvgIpc) is 2.97. The fraction of sp³-hybridized carbons (Fsp3) is 0.333. The second-order valence-corrected chi connectivity index (χ2v) is 8.20. The molecule has 0 spiro atoms. The lowest BCUT2D eigenvalue weighted by Gasteiger charge is -2.11. The molecular weight excluding hydrogens is 547 g/mol. The molecule has 3 rings (SSSR count). The van der Waals surface area contributed by atoms with Gasteiger partial charge in [0.05, 0.1) is 16.9 Å². The lowest BCUT2D eigenvalue weighted by atomic mass is 10.3. The van der Waals surface area contributed by atoms with Gasteiger partial charge in [-0.25, -0.2) is 15.0 Å². The van der Waals surface area contributed by atoms with Crippen LogP contribution in [-0.2, 0) is 18.3 Å². The van der Waals surface area contributed by atoms with E-state index in [1.807, 2.05) is 17.7 Å². The van der Waals surface area contributed by atoms with Crippen molar-refractivity contribution in [1.82, 2.24) is 19.5 Å². The van der Waals surface area contributed by atoms with Gasteiger partial charge in [-0.2, -0.15) is 0 Å². The van der Waals surface area contributed by atoms with E-state index in [-0.39, 0.29) is 5.91 Å². The minimum absolute atomic E-state index is 0.0688. The number of nitrogens with zero attached hydrogens (tertiary/aromatic N) is 4. The molecule has 2 N–H and O–H groups in total. The molecule has 0 unspecified atom stereocenters. The topological polar surface area (TPSA) is 84.7 Å². The van der Waals surface area contributed by atoms with E-state index in [9.17, 15) is 4.79 Å². The van der Waals surface area contributed by atoms with Gasteiger partial charge in [0.25, 0.3) is 0 Å². The molecule has 0 aliphatic heterocycles. The molecule has 156 valence electrons. The van der Waals surface area contributed by atoms with Crippen molar-refractivity contribution in [2.45, 2.75) is 26.7 Å². The van der Waals surface area contributed by atoms with Gasteiger partial charge in [-0.05, 0) is 44.0 Å². The third-order valence-corrected chi connectivity index (χ3v) is 5.33. The summed E-state index contributed by atoms with van der Waals surface area (Å²) in [5.74, 6) is 0.947. The standard InChI is InChI=1S/C9H11BrClN3O.C9H9BrClN3/c1-3-7(15)13-5-4-6(10)14-9(11)8(5)12-2;1-3-7-12-5-4-6(10)13-9(11)8(5)14(7)2/h4,12H,3H2,1-2H3,(H,13,14,15);4H,3H2,1-2H3. The summed E-state index contributed by atoms with van der Waals surface area (Å²) in [4.78, 5) is 23.9. The predicted octanol–water partition coefficient (Wildman–Crippen LogP) is 5.83. The summed E-state index contributed by atoms with van der Waals surface area (Å²) in [5, 5.41) is 6.44. The Bertz CT molecular complexity index is 1040. The number of carbonyl (C=O) groups excluding carboxylic acids is 1. The lowest BCUT2D eigenvalue weighted by Crippen LogP contribution is -2.11. The molecule has 0 aliphatic carbocycles. The highest BCUT2D eigenvalue weighted by molar-refractivity contribution is 9.10. The van der Waals surface area contributed by atoms with Crippen LogP contribution in [0.5, 0.6) is 0 Å². The van der Waals surface area contributed by atoms with Crippen LogP contribution in [0.1, 0.15) is 26.1 Å². The van der Waals surface area contributed by atoms with Gasteiger partial charge in [0, 0.05) is 26.9 Å². The molecule has 1 amide bonds. The van der Waals surface area contributed by atoms with Gasteiger partial charge in [0.1, 0.15) is 20.5 Å². The van der Waals surface area contributed by atoms with Crippen LogP contribution in [0.4, 0.5) is 11.4 Å². The molecule has 0 saturated carbocycles. The molecule has 0 saturated heterocycles. The van der Waals surface area contributed by atoms with Crippen LogP contribution < -0.4 is 10.6 Å². The molecule has 7 nitrogen and oxygen atoms in total. The SMILES string of the molecule is CCC(=O)Nc1cc(Br)nc(Cl)c1NC.CCc1nc2cc(Br)nc(Cl)c2n1C. The fourth-order valence-electron chi connectivity index (χ4n) is 2.58. The number of pyridine rings is 2. The van der Waals surface area contributed by atoms with Crippen molar-refractivity contribution in [2.75, 3.05) is 17.7 Å². The quantitative estimate of drug-likeness (QED) is 0.388. The van der Waals surface area contributed by atoms with E-state index in [0.717, 1.165) is 27.9 Å². The number of hydrogen-bond acceptors (Lipinski definition) is 5. The van der Waals surface area contributed by atoms with E-state index in [1.165, 1.54) is 0 Å². The van der Waals surface area contributed by atoms with Crippen LogP contribution in [0.15, 0.2) is 21.3 Å². The summed E-state index contributed by atoms with van der Waals surface area (Å²) < 4.78 is 3.28. The van der Waals surface area contributed by atoms with Crippen molar-refractivity contribution in [3.05, 3.63) is 37.5 Å². The highest BCUT2D eigenvalue weighted by atomic mass is 79.9. The number of rotatable bonds is 4. The van der Waals surface area contributed by atoms with Gasteiger partial charge in [-0.1, -0.05) is 37.0 Å². The van der Waals surface area contributed by atoms with Gasteiger partial charge in [0.15, 0.2) is 10.3 Å². The Morgan fingerprint density at radius 2 is 1.72 bits per heavy atom. The van der Waals surface area contributed by atoms with E-state index < -0.39 is 0 Å². The van der Waals surface area contributed by atoms with Crippen molar-refractivity contribution >= 4 is 83.4 Å². The molecule has 3 aromatic heterocycles. The van der Waals surface area contributed by atoms with Crippen LogP contribution in [0.2, 0.25) is 10.3 Å². The third-order valence-electron chi connectivity index (χ3n) is 3.98. The Kier molecular flexibility index (Phi) is 8.69. The second-order valence-electron chi connectivity index (χ2n) is 5.85. The first-order valence-corrected chi connectivity index (χ1v) is 11.1.